The van der Waals surface area contributed by atoms with Crippen LogP contribution in [0.1, 0.15) is 83.0 Å². The highest BCUT2D eigenvalue weighted by atomic mass is 35.7. The van der Waals surface area contributed by atoms with Crippen LogP contribution in [0.3, 0.4) is 0 Å². The summed E-state index contributed by atoms with van der Waals surface area (Å²) >= 11 is 0. The number of ether oxygens (including phenoxy) is 1. The molecule has 0 saturated carbocycles. The number of fused-ring (bicyclic) bond motifs is 4. The van der Waals surface area contributed by atoms with Crippen LogP contribution in [0.5, 0.6) is 0 Å². The Bertz CT molecular complexity index is 2470. The SMILES string of the molecule is C[Si](C)(C)CCOCn1nc(S(=O)(=O)Cl)nc1Nc1c2c(cc3c1CCC3)CCC2.NCCN1CCC1.O=S(=O)(NCCN1CCC1)c1nc(Nc2c3c(cc4c2CCC4)CCC3)n[nH]1. The summed E-state index contributed by atoms with van der Waals surface area (Å²) in [5.41, 5.74) is 18.4. The Morgan fingerprint density at radius 2 is 1.26 bits per heavy atom. The quantitative estimate of drug-likeness (QED) is 0.0509. The Hall–Kier alpha value is -3.47. The molecule has 4 aliphatic carbocycles. The summed E-state index contributed by atoms with van der Waals surface area (Å²) < 4.78 is 58.5. The molecule has 21 heteroatoms. The summed E-state index contributed by atoms with van der Waals surface area (Å²) in [5, 5.41) is 17.0. The fourth-order valence-corrected chi connectivity index (χ4v) is 11.7. The van der Waals surface area contributed by atoms with Crippen molar-refractivity contribution in [3.8, 4) is 0 Å². The van der Waals surface area contributed by atoms with E-state index in [1.165, 1.54) is 88.0 Å². The van der Waals surface area contributed by atoms with Gasteiger partial charge in [-0.05, 0) is 167 Å². The Labute approximate surface area is 389 Å². The van der Waals surface area contributed by atoms with E-state index in [1.807, 2.05) is 0 Å². The third kappa shape index (κ3) is 12.0. The van der Waals surface area contributed by atoms with Crippen molar-refractivity contribution in [1.29, 1.82) is 0 Å². The van der Waals surface area contributed by atoms with E-state index in [-0.39, 0.29) is 11.9 Å². The number of nitrogens with one attached hydrogen (secondary N) is 4. The first-order chi connectivity index (χ1) is 31.1. The van der Waals surface area contributed by atoms with E-state index in [9.17, 15) is 16.8 Å². The van der Waals surface area contributed by atoms with Crippen LogP contribution in [-0.2, 0) is 81.9 Å². The van der Waals surface area contributed by atoms with Gasteiger partial charge in [-0.3, -0.25) is 0 Å². The Morgan fingerprint density at radius 1 is 0.738 bits per heavy atom. The fourth-order valence-electron chi connectivity index (χ4n) is 9.52. The smallest absolute Gasteiger partial charge is 0.298 e. The van der Waals surface area contributed by atoms with Gasteiger partial charge in [0.05, 0.1) is 0 Å². The predicted octanol–water partition coefficient (Wildman–Crippen LogP) is 5.40. The summed E-state index contributed by atoms with van der Waals surface area (Å²) in [6.45, 7) is 15.3. The minimum absolute atomic E-state index is 0.128. The molecule has 0 spiro atoms. The monoisotopic (exact) mass is 970 g/mol. The Kier molecular flexibility index (Phi) is 15.4. The number of nitrogens with zero attached hydrogens (tertiary/aromatic N) is 7. The third-order valence-electron chi connectivity index (χ3n) is 13.3. The van der Waals surface area contributed by atoms with Gasteiger partial charge < -0.3 is 30.9 Å². The number of hydrogen-bond donors (Lipinski definition) is 5. The molecule has 2 aromatic carbocycles. The van der Waals surface area contributed by atoms with Gasteiger partial charge >= 0.3 is 0 Å². The van der Waals surface area contributed by atoms with Gasteiger partial charge in [0.2, 0.25) is 11.9 Å². The zero-order valence-electron chi connectivity index (χ0n) is 38.3. The van der Waals surface area contributed by atoms with Crippen molar-refractivity contribution >= 4 is 61.1 Å². The van der Waals surface area contributed by atoms with Crippen molar-refractivity contribution in [2.24, 2.45) is 5.73 Å². The lowest BCUT2D eigenvalue weighted by atomic mass is 9.99. The van der Waals surface area contributed by atoms with Gasteiger partial charge in [0.1, 0.15) is 6.73 Å². The molecular formula is C44H67ClN12O5S2Si. The zero-order chi connectivity index (χ0) is 45.8. The topological polar surface area (TPSA) is 218 Å². The van der Waals surface area contributed by atoms with E-state index in [4.69, 9.17) is 21.2 Å². The average Bonchev–Trinajstić information content (AvgIpc) is 4.08. The number of anilines is 4. The molecular weight excluding hydrogens is 904 g/mol. The highest BCUT2D eigenvalue weighted by Crippen LogP contribution is 2.41. The zero-order valence-corrected chi connectivity index (χ0v) is 41.7. The summed E-state index contributed by atoms with van der Waals surface area (Å²) in [5.74, 6) is 0.675. The summed E-state index contributed by atoms with van der Waals surface area (Å²) in [7, 11) is -3.41. The maximum absolute atomic E-state index is 12.5. The van der Waals surface area contributed by atoms with E-state index in [0.29, 0.717) is 25.0 Å². The molecule has 17 nitrogen and oxygen atoms in total. The number of aryl methyl sites for hydroxylation is 4. The lowest BCUT2D eigenvalue weighted by Crippen LogP contribution is -2.42. The van der Waals surface area contributed by atoms with Crippen LogP contribution in [0, 0.1) is 0 Å². The van der Waals surface area contributed by atoms with Crippen LogP contribution < -0.4 is 21.1 Å². The van der Waals surface area contributed by atoms with Crippen molar-refractivity contribution < 1.29 is 21.6 Å². The van der Waals surface area contributed by atoms with Gasteiger partial charge in [-0.1, -0.05) is 31.8 Å². The van der Waals surface area contributed by atoms with Crippen molar-refractivity contribution in [3.05, 3.63) is 56.6 Å². The molecule has 0 radical (unpaired) electrons. The number of halogens is 1. The van der Waals surface area contributed by atoms with Crippen LogP contribution in [0.25, 0.3) is 0 Å². The van der Waals surface area contributed by atoms with Gasteiger partial charge in [0.25, 0.3) is 29.4 Å². The summed E-state index contributed by atoms with van der Waals surface area (Å²) in [6.07, 6.45) is 15.7. The molecule has 0 amide bonds. The van der Waals surface area contributed by atoms with Crippen molar-refractivity contribution in [2.45, 2.75) is 133 Å². The van der Waals surface area contributed by atoms with Crippen LogP contribution >= 0.6 is 10.7 Å². The van der Waals surface area contributed by atoms with E-state index in [0.717, 1.165) is 114 Å². The minimum Gasteiger partial charge on any atom is -0.359 e. The molecule has 0 bridgehead atoms. The van der Waals surface area contributed by atoms with E-state index < -0.39 is 32.3 Å². The van der Waals surface area contributed by atoms with Crippen molar-refractivity contribution in [3.63, 3.8) is 0 Å². The summed E-state index contributed by atoms with van der Waals surface area (Å²) in [6, 6.07) is 5.74. The van der Waals surface area contributed by atoms with Crippen LogP contribution in [0.2, 0.25) is 25.7 Å². The van der Waals surface area contributed by atoms with Crippen LogP contribution in [0.4, 0.5) is 23.3 Å². The minimum atomic E-state index is -4.03. The number of hydrogen-bond acceptors (Lipinski definition) is 14. The molecule has 65 heavy (non-hydrogen) atoms. The first-order valence-corrected chi connectivity index (χ1v) is 31.1. The number of H-pyrrole nitrogens is 1. The van der Waals surface area contributed by atoms with E-state index >= 15 is 0 Å². The largest absolute Gasteiger partial charge is 0.359 e. The molecule has 0 unspecified atom stereocenters. The van der Waals surface area contributed by atoms with Crippen molar-refractivity contribution in [1.82, 2.24) is 44.5 Å². The molecule has 10 rings (SSSR count). The fraction of sp³-hybridized carbons (Fsp3) is 0.636. The molecule has 2 aromatic heterocycles. The number of sulfonamides is 1. The second kappa shape index (κ2) is 20.8. The van der Waals surface area contributed by atoms with Crippen molar-refractivity contribution in [2.75, 3.05) is 69.6 Å². The molecule has 2 aliphatic heterocycles. The number of likely N-dealkylation sites (tertiary alicyclic amines) is 2. The highest BCUT2D eigenvalue weighted by molar-refractivity contribution is 8.13. The molecule has 4 heterocycles. The van der Waals surface area contributed by atoms with Gasteiger partial charge in [0.15, 0.2) is 0 Å². The average molecular weight is 972 g/mol. The number of aromatic amines is 1. The first kappa shape index (κ1) is 48.0. The lowest BCUT2D eigenvalue weighted by molar-refractivity contribution is 0.0792. The number of rotatable bonds is 17. The van der Waals surface area contributed by atoms with Gasteiger partial charge in [-0.25, -0.2) is 31.3 Å². The number of aromatic nitrogens is 6. The second-order valence-corrected chi connectivity index (χ2v) is 29.0. The Morgan fingerprint density at radius 3 is 1.72 bits per heavy atom. The molecule has 356 valence electrons. The molecule has 2 fully saturated rings. The number of benzene rings is 2. The lowest BCUT2D eigenvalue weighted by Gasteiger charge is -2.30. The third-order valence-corrected chi connectivity index (χ3v) is 17.3. The molecule has 6 aliphatic rings. The molecule has 4 aromatic rings. The van der Waals surface area contributed by atoms with E-state index in [1.54, 1.807) is 0 Å². The molecule has 2 saturated heterocycles. The second-order valence-electron chi connectivity index (χ2n) is 19.3. The Balaban J connectivity index is 0.000000154. The molecule has 0 atom stereocenters. The highest BCUT2D eigenvalue weighted by Gasteiger charge is 2.29. The molecule has 6 N–H and O–H groups in total. The van der Waals surface area contributed by atoms with Gasteiger partial charge in [0, 0.05) is 62.9 Å². The predicted molar refractivity (Wildman–Crippen MR) is 257 cm³/mol. The standard InChI is InChI=1S/C20H29ClN4O3SSi.C19H26N6O2S.C5H12N2/c1-30(2,3)11-10-28-13-25-19(23-20(24-25)29(21,26)27)22-18-16-8-4-6-14(16)12-15-7-5-9-17(15)18;26-28(27,20-8-11-25-9-3-10-25)19-22-18(23-24-19)21-17-15-6-1-4-13(15)12-14-5-2-7-16(14)17;6-2-5-7-3-1-4-7/h12H,4-11,13H2,1-3H3,(H,22,23,24);12,20H,1-11H2,(H2,21,22,23,24);1-6H2. The van der Waals surface area contributed by atoms with E-state index in [2.05, 4.69) is 82.2 Å². The maximum atomic E-state index is 12.5. The van der Waals surface area contributed by atoms with Crippen LogP contribution in [-0.4, -0.2) is 124 Å². The van der Waals surface area contributed by atoms with Gasteiger partial charge in [-0.2, -0.15) is 9.97 Å². The van der Waals surface area contributed by atoms with Crippen LogP contribution in [0.15, 0.2) is 22.4 Å². The number of nitrogens with two attached hydrogens (primary N) is 1. The maximum Gasteiger partial charge on any atom is 0.298 e. The van der Waals surface area contributed by atoms with Gasteiger partial charge in [-0.15, -0.1) is 10.2 Å². The normalized spacial score (nSPS) is 17.8. The summed E-state index contributed by atoms with van der Waals surface area (Å²) in [4.78, 5) is 13.0. The first-order valence-electron chi connectivity index (χ1n) is 23.6.